The number of morpholine rings is 1. The zero-order chi connectivity index (χ0) is 13.4. The number of hydrogen-bond acceptors (Lipinski definition) is 4. The first kappa shape index (κ1) is 14.9. The number of carbonyl (C=O) groups excluding carboxylic acids is 2. The summed E-state index contributed by atoms with van der Waals surface area (Å²) in [5.41, 5.74) is 0. The number of carbonyl (C=O) groups is 2. The van der Waals surface area contributed by atoms with Crippen LogP contribution in [0.3, 0.4) is 0 Å². The highest BCUT2D eigenvalue weighted by Gasteiger charge is 2.19. The molecule has 1 heterocycles. The number of nitrogens with zero attached hydrogens (tertiary/aromatic N) is 2. The average Bonchev–Trinajstić information content (AvgIpc) is 2.41. The number of nitrogens with one attached hydrogen (secondary N) is 1. The second kappa shape index (κ2) is 8.05. The summed E-state index contributed by atoms with van der Waals surface area (Å²) in [5, 5.41) is 2.67. The first-order chi connectivity index (χ1) is 8.69. The van der Waals surface area contributed by atoms with Crippen LogP contribution in [-0.2, 0) is 14.3 Å². The van der Waals surface area contributed by atoms with E-state index in [9.17, 15) is 9.59 Å². The third-order valence-corrected chi connectivity index (χ3v) is 3.06. The third-order valence-electron chi connectivity index (χ3n) is 3.06. The third kappa shape index (κ3) is 4.62. The molecule has 0 aromatic carbocycles. The van der Waals surface area contributed by atoms with E-state index in [0.717, 1.165) is 32.8 Å². The van der Waals surface area contributed by atoms with Gasteiger partial charge in [-0.15, -0.1) is 0 Å². The Morgan fingerprint density at radius 1 is 1.22 bits per heavy atom. The van der Waals surface area contributed by atoms with Gasteiger partial charge in [0.05, 0.1) is 13.2 Å². The van der Waals surface area contributed by atoms with Crippen molar-refractivity contribution < 1.29 is 14.3 Å². The van der Waals surface area contributed by atoms with Gasteiger partial charge in [-0.2, -0.15) is 0 Å². The SMILES string of the molecule is CCN(CC)C(=O)C(=O)NCCN1CCOCC1. The molecule has 0 aromatic heterocycles. The summed E-state index contributed by atoms with van der Waals surface area (Å²) in [6.07, 6.45) is 0. The molecular formula is C12H23N3O3. The predicted octanol–water partition coefficient (Wildman–Crippen LogP) is -0.697. The molecule has 0 radical (unpaired) electrons. The molecule has 1 aliphatic rings. The molecule has 0 unspecified atom stereocenters. The Morgan fingerprint density at radius 3 is 2.39 bits per heavy atom. The summed E-state index contributed by atoms with van der Waals surface area (Å²) in [4.78, 5) is 27.0. The lowest BCUT2D eigenvalue weighted by Crippen LogP contribution is -2.46. The lowest BCUT2D eigenvalue weighted by Gasteiger charge is -2.26. The summed E-state index contributed by atoms with van der Waals surface area (Å²) in [5.74, 6) is -0.950. The second-order valence-corrected chi connectivity index (χ2v) is 4.19. The van der Waals surface area contributed by atoms with E-state index in [1.54, 1.807) is 0 Å². The first-order valence-corrected chi connectivity index (χ1v) is 6.56. The second-order valence-electron chi connectivity index (χ2n) is 4.19. The Bertz CT molecular complexity index is 274. The Kier molecular flexibility index (Phi) is 6.67. The van der Waals surface area contributed by atoms with Crippen LogP contribution >= 0.6 is 0 Å². The van der Waals surface area contributed by atoms with Crippen LogP contribution in [0.4, 0.5) is 0 Å². The molecule has 0 saturated carbocycles. The molecular weight excluding hydrogens is 234 g/mol. The topological polar surface area (TPSA) is 61.9 Å². The van der Waals surface area contributed by atoms with Gasteiger partial charge in [0.1, 0.15) is 0 Å². The zero-order valence-electron chi connectivity index (χ0n) is 11.3. The Hall–Kier alpha value is -1.14. The summed E-state index contributed by atoms with van der Waals surface area (Å²) in [6, 6.07) is 0. The van der Waals surface area contributed by atoms with Crippen LogP contribution in [0.25, 0.3) is 0 Å². The van der Waals surface area contributed by atoms with Gasteiger partial charge >= 0.3 is 11.8 Å². The number of ether oxygens (including phenoxy) is 1. The van der Waals surface area contributed by atoms with Crippen LogP contribution in [0.5, 0.6) is 0 Å². The van der Waals surface area contributed by atoms with E-state index in [1.807, 2.05) is 13.8 Å². The predicted molar refractivity (Wildman–Crippen MR) is 68.2 cm³/mol. The van der Waals surface area contributed by atoms with Gasteiger partial charge in [0, 0.05) is 39.3 Å². The van der Waals surface area contributed by atoms with Gasteiger partial charge in [0.15, 0.2) is 0 Å². The van der Waals surface area contributed by atoms with E-state index in [0.29, 0.717) is 19.6 Å². The average molecular weight is 257 g/mol. The Morgan fingerprint density at radius 2 is 1.83 bits per heavy atom. The molecule has 104 valence electrons. The lowest BCUT2D eigenvalue weighted by atomic mass is 10.4. The van der Waals surface area contributed by atoms with Crippen molar-refractivity contribution in [1.82, 2.24) is 15.1 Å². The zero-order valence-corrected chi connectivity index (χ0v) is 11.3. The van der Waals surface area contributed by atoms with Crippen molar-refractivity contribution in [3.05, 3.63) is 0 Å². The molecule has 0 aromatic rings. The van der Waals surface area contributed by atoms with Gasteiger partial charge in [0.25, 0.3) is 0 Å². The summed E-state index contributed by atoms with van der Waals surface area (Å²) in [7, 11) is 0. The van der Waals surface area contributed by atoms with Gasteiger partial charge in [-0.1, -0.05) is 0 Å². The van der Waals surface area contributed by atoms with Gasteiger partial charge in [0.2, 0.25) is 0 Å². The number of hydrogen-bond donors (Lipinski definition) is 1. The van der Waals surface area contributed by atoms with E-state index in [-0.39, 0.29) is 0 Å². The fourth-order valence-corrected chi connectivity index (χ4v) is 1.88. The molecule has 6 nitrogen and oxygen atoms in total. The fraction of sp³-hybridized carbons (Fsp3) is 0.833. The maximum atomic E-state index is 11.7. The Balaban J connectivity index is 2.21. The molecule has 1 rings (SSSR count). The monoisotopic (exact) mass is 257 g/mol. The van der Waals surface area contributed by atoms with Gasteiger partial charge in [-0.05, 0) is 13.8 Å². The van der Waals surface area contributed by atoms with Crippen molar-refractivity contribution in [2.45, 2.75) is 13.8 Å². The van der Waals surface area contributed by atoms with Crippen molar-refractivity contribution in [3.8, 4) is 0 Å². The van der Waals surface area contributed by atoms with Crippen LogP contribution in [0.1, 0.15) is 13.8 Å². The molecule has 1 fully saturated rings. The van der Waals surface area contributed by atoms with Crippen LogP contribution < -0.4 is 5.32 Å². The van der Waals surface area contributed by atoms with Gasteiger partial charge in [-0.25, -0.2) is 0 Å². The highest BCUT2D eigenvalue weighted by atomic mass is 16.5. The number of rotatable bonds is 5. The van der Waals surface area contributed by atoms with Crippen LogP contribution in [0.15, 0.2) is 0 Å². The maximum Gasteiger partial charge on any atom is 0.311 e. The number of amides is 2. The normalized spacial score (nSPS) is 16.3. The van der Waals surface area contributed by atoms with Gasteiger partial charge < -0.3 is 15.0 Å². The van der Waals surface area contributed by atoms with Crippen LogP contribution in [0.2, 0.25) is 0 Å². The molecule has 1 saturated heterocycles. The van der Waals surface area contributed by atoms with Crippen molar-refractivity contribution in [2.75, 3.05) is 52.5 Å². The standard InChI is InChI=1S/C12H23N3O3/c1-3-15(4-2)12(17)11(16)13-5-6-14-7-9-18-10-8-14/h3-10H2,1-2H3,(H,13,16). The molecule has 6 heteroatoms. The molecule has 0 spiro atoms. The minimum atomic E-state index is -0.507. The summed E-state index contributed by atoms with van der Waals surface area (Å²) < 4.78 is 5.24. The first-order valence-electron chi connectivity index (χ1n) is 6.56. The molecule has 0 atom stereocenters. The van der Waals surface area contributed by atoms with Crippen molar-refractivity contribution in [3.63, 3.8) is 0 Å². The maximum absolute atomic E-state index is 11.7. The summed E-state index contributed by atoms with van der Waals surface area (Å²) in [6.45, 7) is 9.38. The van der Waals surface area contributed by atoms with Crippen molar-refractivity contribution >= 4 is 11.8 Å². The minimum Gasteiger partial charge on any atom is -0.379 e. The largest absolute Gasteiger partial charge is 0.379 e. The summed E-state index contributed by atoms with van der Waals surface area (Å²) >= 11 is 0. The Labute approximate surface area is 108 Å². The molecule has 0 aliphatic carbocycles. The van der Waals surface area contributed by atoms with Crippen molar-refractivity contribution in [1.29, 1.82) is 0 Å². The minimum absolute atomic E-state index is 0.443. The fourth-order valence-electron chi connectivity index (χ4n) is 1.88. The highest BCUT2D eigenvalue weighted by Crippen LogP contribution is 1.95. The van der Waals surface area contributed by atoms with E-state index < -0.39 is 11.8 Å². The van der Waals surface area contributed by atoms with Crippen LogP contribution in [0, 0.1) is 0 Å². The molecule has 2 amide bonds. The van der Waals surface area contributed by atoms with Crippen molar-refractivity contribution in [2.24, 2.45) is 0 Å². The van der Waals surface area contributed by atoms with Crippen LogP contribution in [-0.4, -0.2) is 74.1 Å². The van der Waals surface area contributed by atoms with E-state index >= 15 is 0 Å². The van der Waals surface area contributed by atoms with E-state index in [2.05, 4.69) is 10.2 Å². The van der Waals surface area contributed by atoms with E-state index in [1.165, 1.54) is 4.90 Å². The molecule has 0 bridgehead atoms. The quantitative estimate of drug-likeness (QED) is 0.662. The lowest BCUT2D eigenvalue weighted by molar-refractivity contribution is -0.145. The molecule has 18 heavy (non-hydrogen) atoms. The van der Waals surface area contributed by atoms with E-state index in [4.69, 9.17) is 4.74 Å². The smallest absolute Gasteiger partial charge is 0.311 e. The molecule has 1 aliphatic heterocycles. The highest BCUT2D eigenvalue weighted by molar-refractivity contribution is 6.34. The molecule has 1 N–H and O–H groups in total. The van der Waals surface area contributed by atoms with Gasteiger partial charge in [-0.3, -0.25) is 14.5 Å². The number of likely N-dealkylation sites (N-methyl/N-ethyl adjacent to an activating group) is 1.